The predicted octanol–water partition coefficient (Wildman–Crippen LogP) is -1.08. The number of hydrogen-bond donors (Lipinski definition) is 3. The van der Waals surface area contributed by atoms with Gasteiger partial charge in [0.2, 0.25) is 5.91 Å². The lowest BCUT2D eigenvalue weighted by atomic mass is 10.1. The van der Waals surface area contributed by atoms with Crippen LogP contribution in [0.15, 0.2) is 24.3 Å². The van der Waals surface area contributed by atoms with Gasteiger partial charge in [-0.3, -0.25) is 14.5 Å². The standard InChI is InChI=1S/C11H12N2O4/c1-12-9(14)6-13-8-5-3-2-4-7(8)11(16,17)10(13)15/h2-5,16-17H,6H2,1H3,(H,12,14). The summed E-state index contributed by atoms with van der Waals surface area (Å²) in [5.41, 5.74) is 0.431. The van der Waals surface area contributed by atoms with Gasteiger partial charge >= 0.3 is 0 Å². The Morgan fingerprint density at radius 3 is 2.71 bits per heavy atom. The molecule has 1 aliphatic heterocycles. The molecule has 1 heterocycles. The van der Waals surface area contributed by atoms with Crippen molar-refractivity contribution in [3.05, 3.63) is 29.8 Å². The van der Waals surface area contributed by atoms with Crippen LogP contribution in [0.25, 0.3) is 0 Å². The van der Waals surface area contributed by atoms with Crippen LogP contribution in [0, 0.1) is 0 Å². The van der Waals surface area contributed by atoms with E-state index in [1.165, 1.54) is 13.1 Å². The van der Waals surface area contributed by atoms with Crippen molar-refractivity contribution in [1.29, 1.82) is 0 Å². The van der Waals surface area contributed by atoms with Crippen LogP contribution in [0.2, 0.25) is 0 Å². The van der Waals surface area contributed by atoms with Gasteiger partial charge in [-0.2, -0.15) is 0 Å². The number of anilines is 1. The van der Waals surface area contributed by atoms with Crippen LogP contribution in [0.4, 0.5) is 5.69 Å². The summed E-state index contributed by atoms with van der Waals surface area (Å²) in [6, 6.07) is 6.25. The molecule has 0 saturated heterocycles. The molecule has 0 aromatic heterocycles. The number of hydrogen-bond acceptors (Lipinski definition) is 4. The highest BCUT2D eigenvalue weighted by molar-refractivity contribution is 6.08. The van der Waals surface area contributed by atoms with Crippen LogP contribution in [-0.2, 0) is 15.4 Å². The highest BCUT2D eigenvalue weighted by atomic mass is 16.5. The molecule has 1 aliphatic rings. The van der Waals surface area contributed by atoms with E-state index >= 15 is 0 Å². The van der Waals surface area contributed by atoms with Gasteiger partial charge in [-0.25, -0.2) is 0 Å². The second kappa shape index (κ2) is 3.83. The van der Waals surface area contributed by atoms with E-state index in [4.69, 9.17) is 0 Å². The molecular weight excluding hydrogens is 224 g/mol. The number of nitrogens with zero attached hydrogens (tertiary/aromatic N) is 1. The summed E-state index contributed by atoms with van der Waals surface area (Å²) in [7, 11) is 1.44. The maximum absolute atomic E-state index is 11.8. The van der Waals surface area contributed by atoms with Crippen molar-refractivity contribution in [3.63, 3.8) is 0 Å². The zero-order valence-corrected chi connectivity index (χ0v) is 9.17. The van der Waals surface area contributed by atoms with Gasteiger partial charge in [-0.1, -0.05) is 18.2 Å². The number of aliphatic hydroxyl groups is 2. The number of carbonyl (C=O) groups is 2. The summed E-state index contributed by atoms with van der Waals surface area (Å²) in [5.74, 6) is -3.85. The van der Waals surface area contributed by atoms with Crippen molar-refractivity contribution >= 4 is 17.5 Å². The summed E-state index contributed by atoms with van der Waals surface area (Å²) in [5, 5.41) is 21.8. The van der Waals surface area contributed by atoms with Crippen LogP contribution < -0.4 is 10.2 Å². The first-order chi connectivity index (χ1) is 7.98. The molecule has 0 fully saturated rings. The van der Waals surface area contributed by atoms with Crippen LogP contribution in [-0.4, -0.2) is 35.6 Å². The van der Waals surface area contributed by atoms with E-state index in [0.29, 0.717) is 5.69 Å². The molecular formula is C11H12N2O4. The van der Waals surface area contributed by atoms with Crippen molar-refractivity contribution in [3.8, 4) is 0 Å². The number of nitrogens with one attached hydrogen (secondary N) is 1. The van der Waals surface area contributed by atoms with E-state index in [2.05, 4.69) is 5.32 Å². The number of amides is 2. The molecule has 0 atom stereocenters. The fraction of sp³-hybridized carbons (Fsp3) is 0.273. The van der Waals surface area contributed by atoms with Crippen LogP contribution in [0.3, 0.4) is 0 Å². The van der Waals surface area contributed by atoms with Gasteiger partial charge in [0.05, 0.1) is 5.69 Å². The molecule has 1 aromatic rings. The number of para-hydroxylation sites is 1. The van der Waals surface area contributed by atoms with E-state index in [1.807, 2.05) is 0 Å². The van der Waals surface area contributed by atoms with E-state index in [0.717, 1.165) is 4.90 Å². The third-order valence-electron chi connectivity index (χ3n) is 2.69. The van der Waals surface area contributed by atoms with E-state index in [9.17, 15) is 19.8 Å². The lowest BCUT2D eigenvalue weighted by Gasteiger charge is -2.17. The van der Waals surface area contributed by atoms with Gasteiger partial charge in [0.25, 0.3) is 11.7 Å². The molecule has 3 N–H and O–H groups in total. The fourth-order valence-electron chi connectivity index (χ4n) is 1.80. The summed E-state index contributed by atoms with van der Waals surface area (Å²) >= 11 is 0. The molecule has 6 heteroatoms. The smallest absolute Gasteiger partial charge is 0.292 e. The Hall–Kier alpha value is -1.92. The minimum absolute atomic E-state index is 0.0916. The molecule has 0 unspecified atom stereocenters. The van der Waals surface area contributed by atoms with Crippen molar-refractivity contribution in [2.75, 3.05) is 18.5 Å². The Kier molecular flexibility index (Phi) is 2.60. The summed E-state index contributed by atoms with van der Waals surface area (Å²) < 4.78 is 0. The number of likely N-dealkylation sites (N-methyl/N-ethyl adjacent to an activating group) is 1. The maximum atomic E-state index is 11.8. The number of fused-ring (bicyclic) bond motifs is 1. The summed E-state index contributed by atoms with van der Waals surface area (Å²) in [6.45, 7) is -0.241. The monoisotopic (exact) mass is 236 g/mol. The molecule has 1 aromatic carbocycles. The fourth-order valence-corrected chi connectivity index (χ4v) is 1.80. The number of benzene rings is 1. The molecule has 90 valence electrons. The van der Waals surface area contributed by atoms with Gasteiger partial charge in [0.1, 0.15) is 6.54 Å². The summed E-state index contributed by atoms with van der Waals surface area (Å²) in [6.07, 6.45) is 0. The zero-order valence-electron chi connectivity index (χ0n) is 9.17. The average molecular weight is 236 g/mol. The van der Waals surface area contributed by atoms with Crippen molar-refractivity contribution in [1.82, 2.24) is 5.32 Å². The summed E-state index contributed by atoms with van der Waals surface area (Å²) in [4.78, 5) is 24.1. The van der Waals surface area contributed by atoms with Crippen LogP contribution >= 0.6 is 0 Å². The van der Waals surface area contributed by atoms with Crippen molar-refractivity contribution in [2.24, 2.45) is 0 Å². The van der Waals surface area contributed by atoms with Gasteiger partial charge in [-0.15, -0.1) is 0 Å². The lowest BCUT2D eigenvalue weighted by Crippen LogP contribution is -2.44. The molecule has 6 nitrogen and oxygen atoms in total. The highest BCUT2D eigenvalue weighted by Crippen LogP contribution is 2.37. The maximum Gasteiger partial charge on any atom is 0.292 e. The molecule has 0 bridgehead atoms. The van der Waals surface area contributed by atoms with Gasteiger partial charge in [-0.05, 0) is 6.07 Å². The quantitative estimate of drug-likeness (QED) is 0.569. The average Bonchev–Trinajstić information content (AvgIpc) is 2.51. The van der Waals surface area contributed by atoms with Crippen molar-refractivity contribution in [2.45, 2.75) is 5.79 Å². The first-order valence-corrected chi connectivity index (χ1v) is 5.05. The second-order valence-corrected chi connectivity index (χ2v) is 3.75. The Balaban J connectivity index is 2.43. The van der Waals surface area contributed by atoms with E-state index < -0.39 is 11.7 Å². The molecule has 0 spiro atoms. The topological polar surface area (TPSA) is 89.9 Å². The zero-order chi connectivity index (χ0) is 12.6. The van der Waals surface area contributed by atoms with E-state index in [-0.39, 0.29) is 18.0 Å². The largest absolute Gasteiger partial charge is 0.358 e. The van der Waals surface area contributed by atoms with Crippen LogP contribution in [0.1, 0.15) is 5.56 Å². The highest BCUT2D eigenvalue weighted by Gasteiger charge is 2.48. The normalized spacial score (nSPS) is 16.9. The Morgan fingerprint density at radius 2 is 2.06 bits per heavy atom. The SMILES string of the molecule is CNC(=O)CN1C(=O)C(O)(O)c2ccccc21. The molecule has 2 rings (SSSR count). The Labute approximate surface area is 97.5 Å². The van der Waals surface area contributed by atoms with Gasteiger partial charge in [0.15, 0.2) is 0 Å². The lowest BCUT2D eigenvalue weighted by molar-refractivity contribution is -0.182. The molecule has 0 saturated carbocycles. The molecule has 0 aliphatic carbocycles. The third kappa shape index (κ3) is 1.67. The second-order valence-electron chi connectivity index (χ2n) is 3.75. The minimum Gasteiger partial charge on any atom is -0.358 e. The molecule has 17 heavy (non-hydrogen) atoms. The first kappa shape index (κ1) is 11.6. The number of rotatable bonds is 2. The first-order valence-electron chi connectivity index (χ1n) is 5.05. The predicted molar refractivity (Wildman–Crippen MR) is 59.0 cm³/mol. The molecule has 2 amide bonds. The Morgan fingerprint density at radius 1 is 1.41 bits per heavy atom. The van der Waals surface area contributed by atoms with E-state index in [1.54, 1.807) is 18.2 Å². The van der Waals surface area contributed by atoms with Gasteiger partial charge < -0.3 is 15.5 Å². The number of carbonyl (C=O) groups excluding carboxylic acids is 2. The van der Waals surface area contributed by atoms with Crippen LogP contribution in [0.5, 0.6) is 0 Å². The minimum atomic E-state index is -2.55. The van der Waals surface area contributed by atoms with Gasteiger partial charge in [0, 0.05) is 12.6 Å². The van der Waals surface area contributed by atoms with Crippen molar-refractivity contribution < 1.29 is 19.8 Å². The third-order valence-corrected chi connectivity index (χ3v) is 2.69. The Bertz CT molecular complexity index is 484. The molecule has 0 radical (unpaired) electrons.